The standard InChI is InChI=1S/C11H11N3O4/c1-3-17-11(16)10-13-12-9(18-10)7-4-5-14(2)8(15)6-7/h4-6H,3H2,1-2H3. The molecule has 0 atom stereocenters. The van der Waals surface area contributed by atoms with Crippen LogP contribution in [0.1, 0.15) is 17.6 Å². The fourth-order valence-corrected chi connectivity index (χ4v) is 1.30. The lowest BCUT2D eigenvalue weighted by Crippen LogP contribution is -2.14. The molecule has 7 nitrogen and oxygen atoms in total. The molecule has 2 rings (SSSR count). The highest BCUT2D eigenvalue weighted by Crippen LogP contribution is 2.15. The molecule has 0 saturated carbocycles. The van der Waals surface area contributed by atoms with Crippen LogP contribution in [0.3, 0.4) is 0 Å². The second-order valence-electron chi connectivity index (χ2n) is 3.50. The largest absolute Gasteiger partial charge is 0.459 e. The van der Waals surface area contributed by atoms with E-state index >= 15 is 0 Å². The van der Waals surface area contributed by atoms with Gasteiger partial charge in [0, 0.05) is 24.9 Å². The van der Waals surface area contributed by atoms with Crippen LogP contribution >= 0.6 is 0 Å². The first kappa shape index (κ1) is 12.0. The summed E-state index contributed by atoms with van der Waals surface area (Å²) in [7, 11) is 1.63. The van der Waals surface area contributed by atoms with Crippen LogP contribution in [-0.2, 0) is 11.8 Å². The van der Waals surface area contributed by atoms with Gasteiger partial charge in [-0.1, -0.05) is 0 Å². The molecule has 94 valence electrons. The summed E-state index contributed by atoms with van der Waals surface area (Å²) in [6, 6.07) is 2.99. The van der Waals surface area contributed by atoms with Gasteiger partial charge in [0.05, 0.1) is 6.61 Å². The van der Waals surface area contributed by atoms with E-state index in [-0.39, 0.29) is 23.9 Å². The maximum atomic E-state index is 11.4. The highest BCUT2D eigenvalue weighted by molar-refractivity contribution is 5.84. The minimum atomic E-state index is -0.680. The maximum absolute atomic E-state index is 11.4. The molecule has 18 heavy (non-hydrogen) atoms. The van der Waals surface area contributed by atoms with Gasteiger partial charge in [0.25, 0.3) is 5.56 Å². The van der Waals surface area contributed by atoms with Gasteiger partial charge in [-0.25, -0.2) is 4.79 Å². The molecule has 0 bridgehead atoms. The van der Waals surface area contributed by atoms with Crippen molar-refractivity contribution in [3.63, 3.8) is 0 Å². The number of carbonyl (C=O) groups is 1. The van der Waals surface area contributed by atoms with Crippen molar-refractivity contribution in [3.05, 3.63) is 34.6 Å². The third-order valence-corrected chi connectivity index (χ3v) is 2.23. The molecule has 0 aromatic carbocycles. The number of aryl methyl sites for hydroxylation is 1. The van der Waals surface area contributed by atoms with Gasteiger partial charge >= 0.3 is 11.9 Å². The summed E-state index contributed by atoms with van der Waals surface area (Å²) >= 11 is 0. The molecule has 2 aromatic heterocycles. The summed E-state index contributed by atoms with van der Waals surface area (Å²) in [5, 5.41) is 7.26. The van der Waals surface area contributed by atoms with Gasteiger partial charge in [-0.15, -0.1) is 10.2 Å². The van der Waals surface area contributed by atoms with Crippen molar-refractivity contribution < 1.29 is 13.9 Å². The normalized spacial score (nSPS) is 10.3. The van der Waals surface area contributed by atoms with Crippen molar-refractivity contribution in [2.24, 2.45) is 7.05 Å². The Hall–Kier alpha value is -2.44. The number of nitrogens with zero attached hydrogens (tertiary/aromatic N) is 3. The topological polar surface area (TPSA) is 87.2 Å². The Morgan fingerprint density at radius 1 is 1.50 bits per heavy atom. The van der Waals surface area contributed by atoms with Crippen LogP contribution in [0.5, 0.6) is 0 Å². The zero-order chi connectivity index (χ0) is 13.1. The maximum Gasteiger partial charge on any atom is 0.396 e. The first-order valence-electron chi connectivity index (χ1n) is 5.29. The van der Waals surface area contributed by atoms with Gasteiger partial charge in [0.1, 0.15) is 0 Å². The van der Waals surface area contributed by atoms with Crippen LogP contribution in [-0.4, -0.2) is 27.3 Å². The SMILES string of the molecule is CCOC(=O)c1nnc(-c2ccn(C)c(=O)c2)o1. The molecule has 0 saturated heterocycles. The number of esters is 1. The number of carbonyl (C=O) groups excluding carboxylic acids is 1. The van der Waals surface area contributed by atoms with Crippen LogP contribution in [0.4, 0.5) is 0 Å². The molecule has 0 aliphatic heterocycles. The van der Waals surface area contributed by atoms with Crippen molar-refractivity contribution in [1.29, 1.82) is 0 Å². The molecule has 0 fully saturated rings. The van der Waals surface area contributed by atoms with E-state index in [0.717, 1.165) is 0 Å². The molecule has 0 aliphatic rings. The van der Waals surface area contributed by atoms with Crippen LogP contribution in [0.25, 0.3) is 11.5 Å². The van der Waals surface area contributed by atoms with Crippen LogP contribution in [0.15, 0.2) is 27.5 Å². The zero-order valence-corrected chi connectivity index (χ0v) is 9.91. The predicted molar refractivity (Wildman–Crippen MR) is 60.9 cm³/mol. The molecule has 0 unspecified atom stereocenters. The molecule has 0 radical (unpaired) electrons. The first-order valence-corrected chi connectivity index (χ1v) is 5.29. The van der Waals surface area contributed by atoms with Crippen molar-refractivity contribution in [2.75, 3.05) is 6.61 Å². The zero-order valence-electron chi connectivity index (χ0n) is 9.91. The average Bonchev–Trinajstić information content (AvgIpc) is 2.82. The molecule has 0 spiro atoms. The summed E-state index contributed by atoms with van der Waals surface area (Å²) in [5.41, 5.74) is 0.254. The van der Waals surface area contributed by atoms with Gasteiger partial charge in [-0.05, 0) is 13.0 Å². The van der Waals surface area contributed by atoms with E-state index in [0.29, 0.717) is 5.56 Å². The summed E-state index contributed by atoms with van der Waals surface area (Å²) in [5.74, 6) is -0.802. The van der Waals surface area contributed by atoms with Crippen molar-refractivity contribution >= 4 is 5.97 Å². The molecule has 0 amide bonds. The third kappa shape index (κ3) is 2.29. The molecular formula is C11H11N3O4. The Morgan fingerprint density at radius 2 is 2.28 bits per heavy atom. The first-order chi connectivity index (χ1) is 8.61. The summed E-state index contributed by atoms with van der Waals surface area (Å²) < 4.78 is 11.3. The smallest absolute Gasteiger partial charge is 0.396 e. The molecule has 0 aliphatic carbocycles. The predicted octanol–water partition coefficient (Wildman–Crippen LogP) is 0.612. The van der Waals surface area contributed by atoms with Crippen molar-refractivity contribution in [3.8, 4) is 11.5 Å². The Balaban J connectivity index is 2.32. The van der Waals surface area contributed by atoms with E-state index in [1.165, 1.54) is 10.6 Å². The average molecular weight is 249 g/mol. The summed E-state index contributed by atoms with van der Waals surface area (Å²) in [4.78, 5) is 22.8. The third-order valence-electron chi connectivity index (χ3n) is 2.23. The number of pyridine rings is 1. The Bertz CT molecular complexity index is 629. The quantitative estimate of drug-likeness (QED) is 0.741. The fraction of sp³-hybridized carbons (Fsp3) is 0.273. The van der Waals surface area contributed by atoms with Gasteiger partial charge in [0.2, 0.25) is 5.89 Å². The summed E-state index contributed by atoms with van der Waals surface area (Å²) in [6.07, 6.45) is 1.58. The van der Waals surface area contributed by atoms with E-state index in [4.69, 9.17) is 9.15 Å². The van der Waals surface area contributed by atoms with E-state index in [2.05, 4.69) is 10.2 Å². The monoisotopic (exact) mass is 249 g/mol. The van der Waals surface area contributed by atoms with Gasteiger partial charge in [0.15, 0.2) is 0 Å². The van der Waals surface area contributed by atoms with Crippen LogP contribution in [0, 0.1) is 0 Å². The van der Waals surface area contributed by atoms with Crippen molar-refractivity contribution in [1.82, 2.24) is 14.8 Å². The number of aromatic nitrogens is 3. The van der Waals surface area contributed by atoms with Crippen LogP contribution in [0.2, 0.25) is 0 Å². The van der Waals surface area contributed by atoms with Crippen molar-refractivity contribution in [2.45, 2.75) is 6.92 Å². The highest BCUT2D eigenvalue weighted by Gasteiger charge is 2.16. The van der Waals surface area contributed by atoms with E-state index in [1.54, 1.807) is 26.2 Å². The second-order valence-corrected chi connectivity index (χ2v) is 3.50. The van der Waals surface area contributed by atoms with Gasteiger partial charge in [-0.3, -0.25) is 4.79 Å². The minimum absolute atomic E-state index is 0.107. The molecular weight excluding hydrogens is 238 g/mol. The molecule has 2 aromatic rings. The van der Waals surface area contributed by atoms with E-state index < -0.39 is 5.97 Å². The minimum Gasteiger partial charge on any atom is -0.459 e. The Morgan fingerprint density at radius 3 is 2.94 bits per heavy atom. The number of hydrogen-bond donors (Lipinski definition) is 0. The second kappa shape index (κ2) is 4.82. The number of ether oxygens (including phenoxy) is 1. The molecule has 7 heteroatoms. The highest BCUT2D eigenvalue weighted by atomic mass is 16.5. The van der Waals surface area contributed by atoms with Gasteiger partial charge < -0.3 is 13.7 Å². The van der Waals surface area contributed by atoms with Crippen LogP contribution < -0.4 is 5.56 Å². The molecule has 0 N–H and O–H groups in total. The van der Waals surface area contributed by atoms with E-state index in [9.17, 15) is 9.59 Å². The van der Waals surface area contributed by atoms with Gasteiger partial charge in [-0.2, -0.15) is 0 Å². The lowest BCUT2D eigenvalue weighted by Gasteiger charge is -1.97. The fourth-order valence-electron chi connectivity index (χ4n) is 1.30. The lowest BCUT2D eigenvalue weighted by molar-refractivity contribution is 0.0481. The summed E-state index contributed by atoms with van der Waals surface area (Å²) in [6.45, 7) is 1.90. The van der Waals surface area contributed by atoms with E-state index in [1.807, 2.05) is 0 Å². The molecule has 2 heterocycles. The Labute approximate surface area is 102 Å². The number of hydrogen-bond acceptors (Lipinski definition) is 6. The Kier molecular flexibility index (Phi) is 3.22. The lowest BCUT2D eigenvalue weighted by atomic mass is 10.3. The number of rotatable bonds is 3.